The summed E-state index contributed by atoms with van der Waals surface area (Å²) in [5.74, 6) is -1.08. The van der Waals surface area contributed by atoms with Crippen molar-refractivity contribution >= 4 is 5.97 Å². The van der Waals surface area contributed by atoms with E-state index in [9.17, 15) is 0 Å². The molecule has 0 aliphatic rings. The molecule has 4 nitrogen and oxygen atoms in total. The van der Waals surface area contributed by atoms with Crippen LogP contribution in [0.2, 0.25) is 0 Å². The number of quaternary nitrogens is 2. The van der Waals surface area contributed by atoms with Crippen LogP contribution in [0.15, 0.2) is 0 Å². The van der Waals surface area contributed by atoms with Gasteiger partial charge in [-0.05, 0) is 6.92 Å². The molecule has 0 unspecified atom stereocenters. The lowest BCUT2D eigenvalue weighted by atomic mass is 10.9. The number of carbonyl (C=O) groups excluding carboxylic acids is 1. The van der Waals surface area contributed by atoms with Gasteiger partial charge in [0.25, 0.3) is 0 Å². The van der Waals surface area contributed by atoms with Gasteiger partial charge in [0.15, 0.2) is 0 Å². The van der Waals surface area contributed by atoms with E-state index in [1.807, 2.05) is 0 Å². The van der Waals surface area contributed by atoms with E-state index in [2.05, 4.69) is 0 Å². The molecule has 0 aliphatic heterocycles. The molecule has 5 heteroatoms. The number of halogens is 1. The van der Waals surface area contributed by atoms with Crippen molar-refractivity contribution in [3.8, 4) is 0 Å². The van der Waals surface area contributed by atoms with Gasteiger partial charge in [-0.15, -0.1) is 0 Å². The molecule has 0 saturated carbocycles. The van der Waals surface area contributed by atoms with Crippen molar-refractivity contribution in [3.05, 3.63) is 0 Å². The third-order valence-electron chi connectivity index (χ3n) is 0. The van der Waals surface area contributed by atoms with Crippen LogP contribution in [0.25, 0.3) is 0 Å². The van der Waals surface area contributed by atoms with E-state index in [4.69, 9.17) is 9.90 Å². The monoisotopic (exact) mass is 114 g/mol. The summed E-state index contributed by atoms with van der Waals surface area (Å²) in [5, 5.41) is 8.89. The van der Waals surface area contributed by atoms with Crippen LogP contribution in [0.1, 0.15) is 6.92 Å². The van der Waals surface area contributed by atoms with Gasteiger partial charge >= 0.3 is 0 Å². The Labute approximate surface area is 41.1 Å². The van der Waals surface area contributed by atoms with Crippen LogP contribution in [0.5, 0.6) is 0 Å². The molecule has 0 rings (SSSR count). The molecule has 8 N–H and O–H groups in total. The number of carboxylic acid groups (broad SMARTS) is 1. The summed E-state index contributed by atoms with van der Waals surface area (Å²) < 4.78 is 0. The quantitative estimate of drug-likeness (QED) is 0.340. The van der Waals surface area contributed by atoms with E-state index in [1.54, 1.807) is 0 Å². The van der Waals surface area contributed by atoms with Gasteiger partial charge in [0.1, 0.15) is 0 Å². The Morgan fingerprint density at radius 2 is 1.43 bits per heavy atom. The number of hydrogen-bond donors (Lipinski definition) is 2. The molecule has 0 fully saturated rings. The second-order valence-corrected chi connectivity index (χ2v) is 0.492. The van der Waals surface area contributed by atoms with Gasteiger partial charge in [-0.25, -0.2) is 0 Å². The molecular formula is C2H11FN2O2. The van der Waals surface area contributed by atoms with E-state index >= 15 is 0 Å². The molecule has 0 aromatic carbocycles. The fourth-order valence-corrected chi connectivity index (χ4v) is 0. The smallest absolute Gasteiger partial charge is 0.0383 e. The zero-order chi connectivity index (χ0) is 3.58. The van der Waals surface area contributed by atoms with Crippen molar-refractivity contribution in [2.75, 3.05) is 0 Å². The SMILES string of the molecule is CC(=O)[O-].[F-].[NH4+].[NH4+]. The van der Waals surface area contributed by atoms with Gasteiger partial charge in [-0.2, -0.15) is 0 Å². The van der Waals surface area contributed by atoms with E-state index < -0.39 is 5.97 Å². The largest absolute Gasteiger partial charge is 1.00 e. The topological polar surface area (TPSA) is 113 Å². The highest BCUT2D eigenvalue weighted by atomic mass is 19.0. The first-order valence-corrected chi connectivity index (χ1v) is 0.908. The minimum atomic E-state index is -1.08. The van der Waals surface area contributed by atoms with Gasteiger partial charge in [-0.3, -0.25) is 0 Å². The molecule has 48 valence electrons. The standard InChI is InChI=1S/C2H4O2.FH.2H3N/c1-2(3)4;;;/h1H3,(H,3,4);1H;2*1H3. The molecule has 0 aliphatic carbocycles. The minimum absolute atomic E-state index is 0. The van der Waals surface area contributed by atoms with Crippen LogP contribution >= 0.6 is 0 Å². The first-order chi connectivity index (χ1) is 1.73. The zero-order valence-electron chi connectivity index (χ0n) is 4.69. The van der Waals surface area contributed by atoms with Crippen molar-refractivity contribution in [2.45, 2.75) is 6.92 Å². The molecular weight excluding hydrogens is 103 g/mol. The van der Waals surface area contributed by atoms with Gasteiger partial charge < -0.3 is 26.9 Å². The first kappa shape index (κ1) is 33.2. The molecule has 0 spiro atoms. The third-order valence-corrected chi connectivity index (χ3v) is 0. The molecule has 0 aromatic rings. The molecule has 0 heterocycles. The van der Waals surface area contributed by atoms with E-state index in [-0.39, 0.29) is 17.0 Å². The van der Waals surface area contributed by atoms with E-state index in [0.29, 0.717) is 0 Å². The summed E-state index contributed by atoms with van der Waals surface area (Å²) >= 11 is 0. The lowest BCUT2D eigenvalue weighted by Gasteiger charge is -1.77. The number of hydrogen-bond acceptors (Lipinski definition) is 2. The summed E-state index contributed by atoms with van der Waals surface area (Å²) in [5.41, 5.74) is 0. The first-order valence-electron chi connectivity index (χ1n) is 0.908. The lowest BCUT2D eigenvalue weighted by Crippen LogP contribution is -3.00. The van der Waals surface area contributed by atoms with Crippen molar-refractivity contribution in [1.82, 2.24) is 12.3 Å². The predicted octanol–water partition coefficient (Wildman–Crippen LogP) is -3.49. The Balaban J connectivity index is -0.0000000150. The molecule has 0 atom stereocenters. The molecule has 0 bridgehead atoms. The second-order valence-electron chi connectivity index (χ2n) is 0.492. The Hall–Kier alpha value is -0.680. The number of carboxylic acids is 1. The van der Waals surface area contributed by atoms with Crippen molar-refractivity contribution in [3.63, 3.8) is 0 Å². The normalized spacial score (nSPS) is 3.57. The van der Waals surface area contributed by atoms with E-state index in [0.717, 1.165) is 6.92 Å². The molecule has 0 saturated heterocycles. The van der Waals surface area contributed by atoms with Crippen LogP contribution in [0, 0.1) is 0 Å². The summed E-state index contributed by atoms with van der Waals surface area (Å²) in [6.07, 6.45) is 0. The van der Waals surface area contributed by atoms with Gasteiger partial charge in [0, 0.05) is 5.97 Å². The third kappa shape index (κ3) is 127. The van der Waals surface area contributed by atoms with Crippen LogP contribution in [0.4, 0.5) is 0 Å². The summed E-state index contributed by atoms with van der Waals surface area (Å²) in [6, 6.07) is 0. The van der Waals surface area contributed by atoms with Crippen LogP contribution in [-0.2, 0) is 4.79 Å². The number of rotatable bonds is 0. The van der Waals surface area contributed by atoms with Gasteiger partial charge in [0.05, 0.1) is 0 Å². The molecule has 0 amide bonds. The number of carbonyl (C=O) groups is 1. The van der Waals surface area contributed by atoms with Gasteiger partial charge in [-0.1, -0.05) is 0 Å². The Morgan fingerprint density at radius 3 is 1.43 bits per heavy atom. The van der Waals surface area contributed by atoms with Crippen molar-refractivity contribution < 1.29 is 14.6 Å². The molecule has 0 radical (unpaired) electrons. The zero-order valence-corrected chi connectivity index (χ0v) is 4.69. The van der Waals surface area contributed by atoms with E-state index in [1.165, 1.54) is 0 Å². The maximum Gasteiger partial charge on any atom is 0.0383 e. The predicted molar refractivity (Wildman–Crippen MR) is 22.7 cm³/mol. The van der Waals surface area contributed by atoms with Crippen molar-refractivity contribution in [1.29, 1.82) is 0 Å². The Bertz CT molecular complexity index is 36.7. The molecule has 0 aromatic heterocycles. The van der Waals surface area contributed by atoms with Crippen molar-refractivity contribution in [2.24, 2.45) is 0 Å². The fourth-order valence-electron chi connectivity index (χ4n) is 0. The average Bonchev–Trinajstić information content (AvgIpc) is 0.811. The summed E-state index contributed by atoms with van der Waals surface area (Å²) in [7, 11) is 0. The lowest BCUT2D eigenvalue weighted by molar-refractivity contribution is -0.302. The summed E-state index contributed by atoms with van der Waals surface area (Å²) in [6.45, 7) is 0.972. The fraction of sp³-hybridized carbons (Fsp3) is 0.500. The maximum atomic E-state index is 8.89. The Morgan fingerprint density at radius 1 is 1.43 bits per heavy atom. The maximum absolute atomic E-state index is 8.89. The molecule has 7 heavy (non-hydrogen) atoms. The average molecular weight is 114 g/mol. The second kappa shape index (κ2) is 18.4. The highest BCUT2D eigenvalue weighted by Gasteiger charge is 1.46. The van der Waals surface area contributed by atoms with Gasteiger partial charge in [0.2, 0.25) is 0 Å². The minimum Gasteiger partial charge on any atom is -1.00 e. The highest BCUT2D eigenvalue weighted by molar-refractivity contribution is 5.60. The Kier molecular flexibility index (Phi) is 87.6. The highest BCUT2D eigenvalue weighted by Crippen LogP contribution is 1.31. The van der Waals surface area contributed by atoms with Crippen LogP contribution in [-0.4, -0.2) is 5.97 Å². The van der Waals surface area contributed by atoms with Crippen LogP contribution < -0.4 is 22.1 Å². The van der Waals surface area contributed by atoms with Crippen LogP contribution in [0.3, 0.4) is 0 Å². The summed E-state index contributed by atoms with van der Waals surface area (Å²) in [4.78, 5) is 8.89. The number of aliphatic carboxylic acids is 1.